The quantitative estimate of drug-likeness (QED) is 0.0347. The molecular weight excluding hydrogens is 1160 g/mol. The molecular formula is C74H110N8O10. The summed E-state index contributed by atoms with van der Waals surface area (Å²) in [5.74, 6) is 6.66. The largest absolute Gasteiger partial charge is 0.492 e. The maximum Gasteiger partial charge on any atom is 0.252 e. The molecule has 0 N–H and O–H groups in total. The Morgan fingerprint density at radius 2 is 0.467 bits per heavy atom. The first-order valence-corrected chi connectivity index (χ1v) is 35.6. The zero-order valence-corrected chi connectivity index (χ0v) is 58.0. The van der Waals surface area contributed by atoms with Gasteiger partial charge in [-0.25, -0.2) is 0 Å². The maximum absolute atomic E-state index is 7.03. The highest BCUT2D eigenvalue weighted by atomic mass is 16.5. The lowest BCUT2D eigenvalue weighted by molar-refractivity contribution is 0.228. The highest BCUT2D eigenvalue weighted by Gasteiger charge is 2.30. The topological polar surface area (TPSA) is 211 Å². The molecule has 4 heterocycles. The Bertz CT molecular complexity index is 2940. The Hall–Kier alpha value is -6.98. The van der Waals surface area contributed by atoms with Gasteiger partial charge in [-0.1, -0.05) is 199 Å². The van der Waals surface area contributed by atoms with Crippen LogP contribution in [0.1, 0.15) is 237 Å². The summed E-state index contributed by atoms with van der Waals surface area (Å²) in [5.41, 5.74) is 3.49. The predicted octanol–water partition coefficient (Wildman–Crippen LogP) is 20.8. The van der Waals surface area contributed by atoms with Gasteiger partial charge >= 0.3 is 0 Å². The third-order valence-electron chi connectivity index (χ3n) is 18.3. The van der Waals surface area contributed by atoms with Gasteiger partial charge in [-0.15, -0.1) is 40.8 Å². The standard InChI is InChI=1S/C74H110N8O10/c1-13-25-31-51(19-7)43-83-63-39-59(65(37-57(63)69-77-75-49-89-69)85-45-53(21-9)33-27-15-3)71-79-81-73(91-71)61-41-68(88-48-56(24-12)36-30-18-6)62(42-67(61)87-47-55(23-11)35-29-17-5)74-82-80-72(92-74)60-40-64(84-44-52(20-8)32-26-14-2)58(70-78-76-50-90-70)38-66(60)86-46-54(22-10)34-28-16-4/h37-42,49-56H,13-36,43-48H2,1-12H3. The summed E-state index contributed by atoms with van der Waals surface area (Å²) in [6, 6.07) is 11.5. The number of hydrogen-bond donors (Lipinski definition) is 0. The molecule has 0 bridgehead atoms. The molecule has 0 spiro atoms. The molecule has 6 atom stereocenters. The van der Waals surface area contributed by atoms with Crippen LogP contribution in [0.25, 0.3) is 68.7 Å². The van der Waals surface area contributed by atoms with E-state index in [1.165, 1.54) is 12.8 Å². The van der Waals surface area contributed by atoms with E-state index in [0.717, 1.165) is 154 Å². The average molecular weight is 1270 g/mol. The Kier molecular flexibility index (Phi) is 31.1. The van der Waals surface area contributed by atoms with Crippen molar-refractivity contribution in [2.24, 2.45) is 35.5 Å². The van der Waals surface area contributed by atoms with Crippen LogP contribution in [0, 0.1) is 35.5 Å². The monoisotopic (exact) mass is 1270 g/mol. The molecule has 0 aliphatic carbocycles. The summed E-state index contributed by atoms with van der Waals surface area (Å²) < 4.78 is 66.9. The van der Waals surface area contributed by atoms with Crippen LogP contribution in [0.15, 0.2) is 66.9 Å². The Labute approximate surface area is 549 Å². The van der Waals surface area contributed by atoms with Crippen molar-refractivity contribution >= 4 is 0 Å². The molecule has 4 aromatic heterocycles. The van der Waals surface area contributed by atoms with Crippen LogP contribution in [0.4, 0.5) is 0 Å². The second-order valence-corrected chi connectivity index (χ2v) is 25.2. The van der Waals surface area contributed by atoms with E-state index in [9.17, 15) is 0 Å². The number of aromatic nitrogens is 8. The lowest BCUT2D eigenvalue weighted by atomic mass is 10.00. The summed E-state index contributed by atoms with van der Waals surface area (Å²) in [6.07, 6.45) is 27.9. The molecule has 7 aromatic rings. The minimum absolute atomic E-state index is 0.228. The SMILES string of the molecule is CCCCC(CC)COc1cc(-c2nnc(-c3cc(OCC(CC)CCCC)c(-c4nnc(-c5cc(OCC(CC)CCCC)c(-c6nnco6)cc5OCC(CC)CCCC)o4)cc3OCC(CC)CCCC)o2)c(OCC(CC)CCCC)cc1-c1nnco1. The second kappa shape index (κ2) is 39.5. The Morgan fingerprint density at radius 1 is 0.272 bits per heavy atom. The van der Waals surface area contributed by atoms with E-state index in [1.807, 2.05) is 36.4 Å². The third-order valence-corrected chi connectivity index (χ3v) is 18.3. The van der Waals surface area contributed by atoms with E-state index in [4.69, 9.17) is 66.5 Å². The lowest BCUT2D eigenvalue weighted by Crippen LogP contribution is -2.13. The smallest absolute Gasteiger partial charge is 0.252 e. The van der Waals surface area contributed by atoms with Gasteiger partial charge in [-0.2, -0.15) is 0 Å². The molecule has 0 radical (unpaired) electrons. The molecule has 18 nitrogen and oxygen atoms in total. The van der Waals surface area contributed by atoms with Gasteiger partial charge in [0, 0.05) is 0 Å². The average Bonchev–Trinajstić information content (AvgIpc) is 1.55. The zero-order chi connectivity index (χ0) is 65.5. The predicted molar refractivity (Wildman–Crippen MR) is 363 cm³/mol. The first-order chi connectivity index (χ1) is 45.1. The molecule has 0 fully saturated rings. The van der Waals surface area contributed by atoms with Crippen LogP contribution in [0.2, 0.25) is 0 Å². The molecule has 3 aromatic carbocycles. The summed E-state index contributed by atoms with van der Waals surface area (Å²) in [6.45, 7) is 29.5. The van der Waals surface area contributed by atoms with Crippen LogP contribution in [0.5, 0.6) is 34.5 Å². The summed E-state index contributed by atoms with van der Waals surface area (Å²) in [5, 5.41) is 36.1. The highest BCUT2D eigenvalue weighted by Crippen LogP contribution is 2.47. The van der Waals surface area contributed by atoms with Gasteiger partial charge in [-0.3, -0.25) is 0 Å². The maximum atomic E-state index is 7.03. The zero-order valence-electron chi connectivity index (χ0n) is 58.0. The Balaban J connectivity index is 1.41. The number of benzene rings is 3. The number of unbranched alkanes of at least 4 members (excludes halogenated alkanes) is 6. The van der Waals surface area contributed by atoms with Crippen molar-refractivity contribution in [2.75, 3.05) is 39.6 Å². The molecule has 506 valence electrons. The van der Waals surface area contributed by atoms with Crippen molar-refractivity contribution in [2.45, 2.75) is 237 Å². The van der Waals surface area contributed by atoms with Crippen molar-refractivity contribution in [1.82, 2.24) is 40.8 Å². The summed E-state index contributed by atoms with van der Waals surface area (Å²) in [4.78, 5) is 0. The van der Waals surface area contributed by atoms with Crippen LogP contribution in [-0.2, 0) is 0 Å². The summed E-state index contributed by atoms with van der Waals surface area (Å²) >= 11 is 0. The molecule has 0 aliphatic heterocycles. The van der Waals surface area contributed by atoms with Gasteiger partial charge < -0.3 is 46.1 Å². The van der Waals surface area contributed by atoms with E-state index < -0.39 is 0 Å². The van der Waals surface area contributed by atoms with E-state index in [-0.39, 0.29) is 35.4 Å². The van der Waals surface area contributed by atoms with E-state index in [2.05, 4.69) is 103 Å². The first-order valence-electron chi connectivity index (χ1n) is 35.6. The minimum atomic E-state index is 0.228. The van der Waals surface area contributed by atoms with Crippen LogP contribution < -0.4 is 28.4 Å². The van der Waals surface area contributed by atoms with Gasteiger partial charge in [-0.05, 0) is 110 Å². The van der Waals surface area contributed by atoms with Crippen molar-refractivity contribution < 1.29 is 46.1 Å². The summed E-state index contributed by atoms with van der Waals surface area (Å²) in [7, 11) is 0. The Morgan fingerprint density at radius 3 is 0.630 bits per heavy atom. The van der Waals surface area contributed by atoms with Crippen LogP contribution in [0.3, 0.4) is 0 Å². The van der Waals surface area contributed by atoms with E-state index in [1.54, 1.807) is 0 Å². The highest BCUT2D eigenvalue weighted by molar-refractivity contribution is 5.79. The molecule has 0 aliphatic rings. The van der Waals surface area contributed by atoms with Crippen molar-refractivity contribution in [1.29, 1.82) is 0 Å². The molecule has 18 heteroatoms. The van der Waals surface area contributed by atoms with Crippen molar-refractivity contribution in [3.8, 4) is 103 Å². The second-order valence-electron chi connectivity index (χ2n) is 25.2. The normalized spacial score (nSPS) is 13.6. The van der Waals surface area contributed by atoms with Crippen LogP contribution >= 0.6 is 0 Å². The molecule has 6 unspecified atom stereocenters. The number of nitrogens with zero attached hydrogens (tertiary/aromatic N) is 8. The molecule has 92 heavy (non-hydrogen) atoms. The van der Waals surface area contributed by atoms with E-state index >= 15 is 0 Å². The van der Waals surface area contributed by atoms with Gasteiger partial charge in [0.1, 0.15) is 34.5 Å². The fraction of sp³-hybridized carbons (Fsp3) is 0.649. The third kappa shape index (κ3) is 21.0. The fourth-order valence-corrected chi connectivity index (χ4v) is 11.5. The van der Waals surface area contributed by atoms with Gasteiger partial charge in [0.05, 0.1) is 73.0 Å². The van der Waals surface area contributed by atoms with Gasteiger partial charge in [0.2, 0.25) is 12.8 Å². The van der Waals surface area contributed by atoms with E-state index in [0.29, 0.717) is 143 Å². The van der Waals surface area contributed by atoms with Crippen LogP contribution in [-0.4, -0.2) is 80.4 Å². The first kappa shape index (κ1) is 72.4. The number of rotatable bonds is 48. The number of ether oxygens (including phenoxy) is 6. The van der Waals surface area contributed by atoms with Gasteiger partial charge in [0.25, 0.3) is 35.3 Å². The lowest BCUT2D eigenvalue weighted by Gasteiger charge is -2.21. The molecule has 0 saturated carbocycles. The minimum Gasteiger partial charge on any atom is -0.492 e. The fourth-order valence-electron chi connectivity index (χ4n) is 11.5. The molecule has 0 amide bonds. The van der Waals surface area contributed by atoms with Crippen molar-refractivity contribution in [3.63, 3.8) is 0 Å². The van der Waals surface area contributed by atoms with Crippen molar-refractivity contribution in [3.05, 3.63) is 49.2 Å². The van der Waals surface area contributed by atoms with Gasteiger partial charge in [0.15, 0.2) is 0 Å². The molecule has 7 rings (SSSR count). The number of hydrogen-bond acceptors (Lipinski definition) is 18. The molecule has 0 saturated heterocycles.